The van der Waals surface area contributed by atoms with Gasteiger partial charge in [-0.15, -0.1) is 0 Å². The van der Waals surface area contributed by atoms with Gasteiger partial charge in [-0.1, -0.05) is 12.5 Å². The molecule has 19 heavy (non-hydrogen) atoms. The third-order valence-electron chi connectivity index (χ3n) is 3.67. The molecule has 1 fully saturated rings. The maximum atomic E-state index is 11.0. The van der Waals surface area contributed by atoms with E-state index >= 15 is 0 Å². The van der Waals surface area contributed by atoms with Crippen LogP contribution in [0.2, 0.25) is 0 Å². The van der Waals surface area contributed by atoms with Crippen LogP contribution in [0.5, 0.6) is 11.5 Å². The van der Waals surface area contributed by atoms with Gasteiger partial charge in [0.1, 0.15) is 11.5 Å². The molecule has 0 saturated heterocycles. The first kappa shape index (κ1) is 13.7. The molecule has 1 aromatic carbocycles. The van der Waals surface area contributed by atoms with Crippen LogP contribution in [-0.2, 0) is 11.3 Å². The molecule has 2 atom stereocenters. The second-order valence-electron chi connectivity index (χ2n) is 5.09. The lowest BCUT2D eigenvalue weighted by Gasteiger charge is -2.27. The van der Waals surface area contributed by atoms with Crippen molar-refractivity contribution in [3.8, 4) is 11.5 Å². The van der Waals surface area contributed by atoms with Gasteiger partial charge in [-0.3, -0.25) is 4.79 Å². The molecule has 4 N–H and O–H groups in total. The molecule has 0 aliphatic heterocycles. The third kappa shape index (κ3) is 3.61. The SMILES string of the molecule is O=C(O)C1CCCC(NCc2ccc(O)cc2O)C1. The Morgan fingerprint density at radius 1 is 1.32 bits per heavy atom. The zero-order chi connectivity index (χ0) is 13.8. The number of carboxylic acid groups (broad SMARTS) is 1. The van der Waals surface area contributed by atoms with Crippen LogP contribution in [0.15, 0.2) is 18.2 Å². The van der Waals surface area contributed by atoms with Crippen LogP contribution in [-0.4, -0.2) is 27.3 Å². The number of nitrogens with one attached hydrogen (secondary N) is 1. The van der Waals surface area contributed by atoms with Gasteiger partial charge in [0.25, 0.3) is 0 Å². The smallest absolute Gasteiger partial charge is 0.306 e. The van der Waals surface area contributed by atoms with Crippen LogP contribution in [0.3, 0.4) is 0 Å². The van der Waals surface area contributed by atoms with Gasteiger partial charge in [-0.05, 0) is 25.3 Å². The van der Waals surface area contributed by atoms with Gasteiger partial charge in [0, 0.05) is 24.2 Å². The Morgan fingerprint density at radius 3 is 2.79 bits per heavy atom. The molecule has 0 amide bonds. The van der Waals surface area contributed by atoms with E-state index in [9.17, 15) is 15.0 Å². The van der Waals surface area contributed by atoms with Crippen LogP contribution in [0.1, 0.15) is 31.2 Å². The van der Waals surface area contributed by atoms with Gasteiger partial charge in [-0.25, -0.2) is 0 Å². The number of hydrogen-bond donors (Lipinski definition) is 4. The summed E-state index contributed by atoms with van der Waals surface area (Å²) in [5, 5.41) is 31.2. The minimum Gasteiger partial charge on any atom is -0.508 e. The molecule has 5 nitrogen and oxygen atoms in total. The maximum absolute atomic E-state index is 11.0. The Hall–Kier alpha value is -1.75. The Bertz CT molecular complexity index is 461. The van der Waals surface area contributed by atoms with Crippen LogP contribution in [0.25, 0.3) is 0 Å². The highest BCUT2D eigenvalue weighted by Gasteiger charge is 2.26. The number of aliphatic carboxylic acids is 1. The molecule has 2 unspecified atom stereocenters. The summed E-state index contributed by atoms with van der Waals surface area (Å²) in [5.41, 5.74) is 0.704. The molecule has 1 aliphatic carbocycles. The predicted octanol–water partition coefficient (Wildman–Crippen LogP) is 1.83. The highest BCUT2D eigenvalue weighted by atomic mass is 16.4. The Labute approximate surface area is 111 Å². The van der Waals surface area contributed by atoms with Crippen molar-refractivity contribution >= 4 is 5.97 Å². The predicted molar refractivity (Wildman–Crippen MR) is 70.0 cm³/mol. The first-order chi connectivity index (χ1) is 9.06. The standard InChI is InChI=1S/C14H19NO4/c16-12-5-4-10(13(17)7-12)8-15-11-3-1-2-9(6-11)14(18)19/h4-5,7,9,11,15-17H,1-3,6,8H2,(H,18,19). The average molecular weight is 265 g/mol. The Balaban J connectivity index is 1.89. The maximum Gasteiger partial charge on any atom is 0.306 e. The molecular weight excluding hydrogens is 246 g/mol. The van der Waals surface area contributed by atoms with Crippen molar-refractivity contribution in [3.63, 3.8) is 0 Å². The van der Waals surface area contributed by atoms with E-state index in [1.165, 1.54) is 12.1 Å². The fourth-order valence-electron chi connectivity index (χ4n) is 2.56. The van der Waals surface area contributed by atoms with Gasteiger partial charge in [0.15, 0.2) is 0 Å². The second kappa shape index (κ2) is 5.93. The second-order valence-corrected chi connectivity index (χ2v) is 5.09. The van der Waals surface area contributed by atoms with Gasteiger partial charge in [0.05, 0.1) is 5.92 Å². The number of phenolic OH excluding ortho intramolecular Hbond substituents is 2. The molecule has 0 spiro atoms. The van der Waals surface area contributed by atoms with Crippen LogP contribution in [0.4, 0.5) is 0 Å². The van der Waals surface area contributed by atoms with Crippen molar-refractivity contribution in [1.82, 2.24) is 5.32 Å². The van der Waals surface area contributed by atoms with Crippen molar-refractivity contribution in [2.45, 2.75) is 38.3 Å². The number of benzene rings is 1. The van der Waals surface area contributed by atoms with Crippen LogP contribution < -0.4 is 5.32 Å². The van der Waals surface area contributed by atoms with Crippen LogP contribution in [0, 0.1) is 5.92 Å². The van der Waals surface area contributed by atoms with E-state index in [4.69, 9.17) is 5.11 Å². The largest absolute Gasteiger partial charge is 0.508 e. The number of phenols is 2. The van der Waals surface area contributed by atoms with Gasteiger partial charge < -0.3 is 20.6 Å². The first-order valence-corrected chi connectivity index (χ1v) is 6.53. The Kier molecular flexibility index (Phi) is 4.27. The lowest BCUT2D eigenvalue weighted by molar-refractivity contribution is -0.143. The highest BCUT2D eigenvalue weighted by Crippen LogP contribution is 2.26. The number of carboxylic acids is 1. The normalized spacial score (nSPS) is 23.2. The van der Waals surface area contributed by atoms with E-state index in [1.807, 2.05) is 0 Å². The fraction of sp³-hybridized carbons (Fsp3) is 0.500. The number of aromatic hydroxyl groups is 2. The molecule has 0 aromatic heterocycles. The van der Waals surface area contributed by atoms with Crippen molar-refractivity contribution in [1.29, 1.82) is 0 Å². The molecule has 104 valence electrons. The molecule has 0 bridgehead atoms. The van der Waals surface area contributed by atoms with E-state index in [-0.39, 0.29) is 23.5 Å². The number of hydrogen-bond acceptors (Lipinski definition) is 4. The Morgan fingerprint density at radius 2 is 2.11 bits per heavy atom. The average Bonchev–Trinajstić information content (AvgIpc) is 2.38. The molecular formula is C14H19NO4. The summed E-state index contributed by atoms with van der Waals surface area (Å²) < 4.78 is 0. The van der Waals surface area contributed by atoms with Crippen molar-refractivity contribution < 1.29 is 20.1 Å². The summed E-state index contributed by atoms with van der Waals surface area (Å²) in [6, 6.07) is 4.66. The van der Waals surface area contributed by atoms with Crippen molar-refractivity contribution in [2.24, 2.45) is 5.92 Å². The van der Waals surface area contributed by atoms with E-state index in [0.717, 1.165) is 19.3 Å². The fourth-order valence-corrected chi connectivity index (χ4v) is 2.56. The van der Waals surface area contributed by atoms with E-state index < -0.39 is 5.97 Å². The van der Waals surface area contributed by atoms with Crippen molar-refractivity contribution in [2.75, 3.05) is 0 Å². The molecule has 0 radical (unpaired) electrons. The summed E-state index contributed by atoms with van der Waals surface area (Å²) in [7, 11) is 0. The minimum absolute atomic E-state index is 0.0323. The third-order valence-corrected chi connectivity index (χ3v) is 3.67. The summed E-state index contributed by atoms with van der Waals surface area (Å²) in [6.45, 7) is 0.475. The molecule has 1 aliphatic rings. The van der Waals surface area contributed by atoms with E-state index in [0.29, 0.717) is 18.5 Å². The topological polar surface area (TPSA) is 89.8 Å². The van der Waals surface area contributed by atoms with Gasteiger partial charge in [0.2, 0.25) is 0 Å². The van der Waals surface area contributed by atoms with Crippen LogP contribution >= 0.6 is 0 Å². The molecule has 5 heteroatoms. The lowest BCUT2D eigenvalue weighted by Crippen LogP contribution is -2.36. The van der Waals surface area contributed by atoms with Gasteiger partial charge >= 0.3 is 5.97 Å². The molecule has 2 rings (SSSR count). The zero-order valence-corrected chi connectivity index (χ0v) is 10.7. The quantitative estimate of drug-likeness (QED) is 0.667. The summed E-state index contributed by atoms with van der Waals surface area (Å²) in [6.07, 6.45) is 3.25. The number of rotatable bonds is 4. The van der Waals surface area contributed by atoms with Crippen molar-refractivity contribution in [3.05, 3.63) is 23.8 Å². The first-order valence-electron chi connectivity index (χ1n) is 6.53. The molecule has 1 saturated carbocycles. The lowest BCUT2D eigenvalue weighted by atomic mass is 9.86. The number of carbonyl (C=O) groups is 1. The highest BCUT2D eigenvalue weighted by molar-refractivity contribution is 5.70. The zero-order valence-electron chi connectivity index (χ0n) is 10.7. The molecule has 1 aromatic rings. The minimum atomic E-state index is -0.723. The summed E-state index contributed by atoms with van der Waals surface area (Å²) in [4.78, 5) is 11.0. The van der Waals surface area contributed by atoms with Gasteiger partial charge in [-0.2, -0.15) is 0 Å². The van der Waals surface area contributed by atoms with E-state index in [1.54, 1.807) is 6.07 Å². The summed E-state index contributed by atoms with van der Waals surface area (Å²) >= 11 is 0. The summed E-state index contributed by atoms with van der Waals surface area (Å²) in [5.74, 6) is -0.901. The monoisotopic (exact) mass is 265 g/mol. The molecule has 0 heterocycles. The van der Waals surface area contributed by atoms with E-state index in [2.05, 4.69) is 5.32 Å².